The van der Waals surface area contributed by atoms with E-state index in [0.29, 0.717) is 18.9 Å². The van der Waals surface area contributed by atoms with Crippen LogP contribution < -0.4 is 0 Å². The Balaban J connectivity index is 2.61. The minimum Gasteiger partial charge on any atom is -0.466 e. The van der Waals surface area contributed by atoms with Crippen LogP contribution in [0.4, 0.5) is 0 Å². The van der Waals surface area contributed by atoms with Gasteiger partial charge in [-0.1, -0.05) is 47.2 Å². The molecule has 0 amide bonds. The molecule has 0 spiro atoms. The summed E-state index contributed by atoms with van der Waals surface area (Å²) in [7, 11) is 0. The van der Waals surface area contributed by atoms with Crippen LogP contribution in [0.1, 0.15) is 20.3 Å². The molecule has 2 unspecified atom stereocenters. The van der Waals surface area contributed by atoms with Gasteiger partial charge < -0.3 is 4.74 Å². The average molecular weight is 259 g/mol. The second-order valence-corrected chi connectivity index (χ2v) is 4.92. The lowest BCUT2D eigenvalue weighted by atomic mass is 9.87. The lowest BCUT2D eigenvalue weighted by Crippen LogP contribution is -2.31. The van der Waals surface area contributed by atoms with Gasteiger partial charge in [-0.2, -0.15) is 0 Å². The first-order valence-corrected chi connectivity index (χ1v) is 5.58. The first-order valence-electron chi connectivity index (χ1n) is 4.79. The lowest BCUT2D eigenvalue weighted by molar-refractivity contribution is -0.143. The van der Waals surface area contributed by atoms with Gasteiger partial charge in [0.05, 0.1) is 17.4 Å². The number of ether oxygens (including phenoxy) is 1. The van der Waals surface area contributed by atoms with Gasteiger partial charge in [0.1, 0.15) is 0 Å². The molecule has 0 bridgehead atoms. The van der Waals surface area contributed by atoms with E-state index < -0.39 is 0 Å². The summed E-state index contributed by atoms with van der Waals surface area (Å²) in [6.45, 7) is 4.34. The van der Waals surface area contributed by atoms with Crippen molar-refractivity contribution in [2.75, 3.05) is 6.61 Å². The third-order valence-electron chi connectivity index (χ3n) is 2.36. The Labute approximate surface area is 93.1 Å². The quantitative estimate of drug-likeness (QED) is 0.575. The number of rotatable bonds is 3. The largest absolute Gasteiger partial charge is 0.466 e. The Morgan fingerprint density at radius 1 is 1.57 bits per heavy atom. The van der Waals surface area contributed by atoms with Gasteiger partial charge in [-0.05, 0) is 12.8 Å². The molecule has 0 aliphatic heterocycles. The first-order chi connectivity index (χ1) is 6.58. The highest BCUT2D eigenvalue weighted by atomic mass is 79.9. The van der Waals surface area contributed by atoms with E-state index in [2.05, 4.69) is 28.9 Å². The molecule has 3 heteroatoms. The summed E-state index contributed by atoms with van der Waals surface area (Å²) < 4.78 is 4.66. The number of hydrogen-bond acceptors (Lipinski definition) is 2. The fraction of sp³-hybridized carbons (Fsp3) is 0.545. The zero-order chi connectivity index (χ0) is 10.6. The molecule has 0 aromatic carbocycles. The molecule has 0 N–H and O–H groups in total. The van der Waals surface area contributed by atoms with E-state index in [1.807, 2.05) is 25.2 Å². The van der Waals surface area contributed by atoms with Crippen LogP contribution in [-0.4, -0.2) is 16.9 Å². The third kappa shape index (κ3) is 2.71. The molecule has 0 radical (unpaired) electrons. The average Bonchev–Trinajstić information content (AvgIpc) is 2.10. The molecule has 0 heterocycles. The number of alkyl halides is 1. The van der Waals surface area contributed by atoms with Gasteiger partial charge in [0.2, 0.25) is 0 Å². The Bertz CT molecular complexity index is 270. The number of hydrogen-bond donors (Lipinski definition) is 0. The van der Waals surface area contributed by atoms with Crippen LogP contribution in [0.5, 0.6) is 0 Å². The summed E-state index contributed by atoms with van der Waals surface area (Å²) in [4.78, 5) is 11.4. The number of esters is 1. The van der Waals surface area contributed by atoms with E-state index in [4.69, 9.17) is 4.74 Å². The molecule has 0 aromatic heterocycles. The Hall–Kier alpha value is -0.570. The Kier molecular flexibility index (Phi) is 3.93. The van der Waals surface area contributed by atoms with Crippen molar-refractivity contribution in [1.82, 2.24) is 0 Å². The van der Waals surface area contributed by atoms with Gasteiger partial charge in [0.15, 0.2) is 0 Å². The molecule has 2 nitrogen and oxygen atoms in total. The van der Waals surface area contributed by atoms with Crippen LogP contribution in [-0.2, 0) is 9.53 Å². The summed E-state index contributed by atoms with van der Waals surface area (Å²) in [5, 5.41) is 0. The SMILES string of the molecule is CCOC(=O)CC1(Br)C=CC=CC1C. The predicted molar refractivity (Wildman–Crippen MR) is 60.4 cm³/mol. The molecular weight excluding hydrogens is 244 g/mol. The summed E-state index contributed by atoms with van der Waals surface area (Å²) >= 11 is 3.59. The number of halogens is 1. The minimum absolute atomic E-state index is 0.156. The van der Waals surface area contributed by atoms with Crippen molar-refractivity contribution < 1.29 is 9.53 Å². The topological polar surface area (TPSA) is 26.3 Å². The number of carbonyl (C=O) groups is 1. The van der Waals surface area contributed by atoms with Crippen molar-refractivity contribution in [1.29, 1.82) is 0 Å². The van der Waals surface area contributed by atoms with Crippen molar-refractivity contribution in [3.63, 3.8) is 0 Å². The van der Waals surface area contributed by atoms with Crippen molar-refractivity contribution in [3.8, 4) is 0 Å². The monoisotopic (exact) mass is 258 g/mol. The van der Waals surface area contributed by atoms with Gasteiger partial charge >= 0.3 is 5.97 Å². The molecule has 0 fully saturated rings. The van der Waals surface area contributed by atoms with Gasteiger partial charge in [-0.15, -0.1) is 0 Å². The van der Waals surface area contributed by atoms with Crippen molar-refractivity contribution >= 4 is 21.9 Å². The molecule has 1 rings (SSSR count). The molecule has 14 heavy (non-hydrogen) atoms. The minimum atomic E-state index is -0.270. The zero-order valence-corrected chi connectivity index (χ0v) is 10.1. The predicted octanol–water partition coefficient (Wildman–Crippen LogP) is 2.84. The molecule has 1 aliphatic carbocycles. The number of allylic oxidation sites excluding steroid dienone is 4. The van der Waals surface area contributed by atoms with E-state index in [1.165, 1.54) is 0 Å². The van der Waals surface area contributed by atoms with Crippen molar-refractivity contribution in [3.05, 3.63) is 24.3 Å². The summed E-state index contributed by atoms with van der Waals surface area (Å²) in [5.74, 6) is 0.146. The third-order valence-corrected chi connectivity index (χ3v) is 3.63. The van der Waals surface area contributed by atoms with Crippen LogP contribution in [0.3, 0.4) is 0 Å². The van der Waals surface area contributed by atoms with Crippen molar-refractivity contribution in [2.45, 2.75) is 24.6 Å². The summed E-state index contributed by atoms with van der Waals surface area (Å²) in [6.07, 6.45) is 8.41. The van der Waals surface area contributed by atoms with Crippen LogP contribution in [0.25, 0.3) is 0 Å². The number of carbonyl (C=O) groups excluding carboxylic acids is 1. The second kappa shape index (κ2) is 4.78. The summed E-state index contributed by atoms with van der Waals surface area (Å²) in [5.41, 5.74) is 0. The maximum absolute atomic E-state index is 11.4. The molecule has 0 saturated heterocycles. The lowest BCUT2D eigenvalue weighted by Gasteiger charge is -2.29. The standard InChI is InChI=1S/C11H15BrO2/c1-3-14-10(13)8-11(12)7-5-4-6-9(11)2/h4-7,9H,3,8H2,1-2H3. The fourth-order valence-electron chi connectivity index (χ4n) is 1.41. The zero-order valence-electron chi connectivity index (χ0n) is 8.50. The van der Waals surface area contributed by atoms with Crippen LogP contribution >= 0.6 is 15.9 Å². The van der Waals surface area contributed by atoms with E-state index in [9.17, 15) is 4.79 Å². The maximum atomic E-state index is 11.4. The van der Waals surface area contributed by atoms with Crippen LogP contribution in [0, 0.1) is 5.92 Å². The second-order valence-electron chi connectivity index (χ2n) is 3.44. The molecule has 2 atom stereocenters. The van der Waals surface area contributed by atoms with E-state index in [1.54, 1.807) is 0 Å². The highest BCUT2D eigenvalue weighted by Crippen LogP contribution is 2.36. The Morgan fingerprint density at radius 2 is 2.29 bits per heavy atom. The molecular formula is C11H15BrO2. The highest BCUT2D eigenvalue weighted by Gasteiger charge is 2.33. The molecule has 1 aliphatic rings. The van der Waals surface area contributed by atoms with Crippen molar-refractivity contribution in [2.24, 2.45) is 5.92 Å². The van der Waals surface area contributed by atoms with E-state index in [-0.39, 0.29) is 10.3 Å². The van der Waals surface area contributed by atoms with Gasteiger partial charge in [0, 0.05) is 0 Å². The normalized spacial score (nSPS) is 30.4. The van der Waals surface area contributed by atoms with Crippen LogP contribution in [0.15, 0.2) is 24.3 Å². The molecule has 0 saturated carbocycles. The van der Waals surface area contributed by atoms with Gasteiger partial charge in [-0.3, -0.25) is 4.79 Å². The molecule has 0 aromatic rings. The molecule has 78 valence electrons. The Morgan fingerprint density at radius 3 is 2.86 bits per heavy atom. The van der Waals surface area contributed by atoms with E-state index >= 15 is 0 Å². The van der Waals surface area contributed by atoms with Gasteiger partial charge in [0.25, 0.3) is 0 Å². The smallest absolute Gasteiger partial charge is 0.307 e. The fourth-order valence-corrected chi connectivity index (χ4v) is 1.95. The highest BCUT2D eigenvalue weighted by molar-refractivity contribution is 9.10. The van der Waals surface area contributed by atoms with Gasteiger partial charge in [-0.25, -0.2) is 0 Å². The summed E-state index contributed by atoms with van der Waals surface area (Å²) in [6, 6.07) is 0. The maximum Gasteiger partial charge on any atom is 0.307 e. The van der Waals surface area contributed by atoms with Crippen LogP contribution in [0.2, 0.25) is 0 Å². The first kappa shape index (κ1) is 11.5. The van der Waals surface area contributed by atoms with E-state index in [0.717, 1.165) is 0 Å².